The van der Waals surface area contributed by atoms with Crippen LogP contribution in [0.2, 0.25) is 0 Å². The van der Waals surface area contributed by atoms with Crippen molar-refractivity contribution < 1.29 is 22.7 Å². The summed E-state index contributed by atoms with van der Waals surface area (Å²) < 4.78 is 30.1. The molecule has 1 amide bonds. The van der Waals surface area contributed by atoms with Gasteiger partial charge in [0, 0.05) is 29.8 Å². The molecule has 0 aliphatic carbocycles. The predicted molar refractivity (Wildman–Crippen MR) is 120 cm³/mol. The Morgan fingerprint density at radius 3 is 2.41 bits per heavy atom. The fourth-order valence-electron chi connectivity index (χ4n) is 2.58. The van der Waals surface area contributed by atoms with Crippen molar-refractivity contribution in [3.63, 3.8) is 0 Å². The summed E-state index contributed by atoms with van der Waals surface area (Å²) in [7, 11) is -3.74. The number of H-pyrrole nitrogens is 1. The number of carbonyl (C=O) groups is 2. The van der Waals surface area contributed by atoms with Crippen molar-refractivity contribution in [1.29, 1.82) is 0 Å². The molecule has 5 N–H and O–H groups in total. The molecule has 166 valence electrons. The Kier molecular flexibility index (Phi) is 6.95. The van der Waals surface area contributed by atoms with E-state index in [2.05, 4.69) is 15.0 Å². The fourth-order valence-corrected chi connectivity index (χ4v) is 4.12. The van der Waals surface area contributed by atoms with Gasteiger partial charge in [-0.15, -0.1) is 0 Å². The minimum atomic E-state index is -3.74. The Morgan fingerprint density at radius 1 is 1.12 bits per heavy atom. The second-order valence-electron chi connectivity index (χ2n) is 6.51. The molecule has 0 aliphatic rings. The second kappa shape index (κ2) is 9.66. The Hall–Kier alpha value is -3.64. The second-order valence-corrected chi connectivity index (χ2v) is 9.46. The first-order chi connectivity index (χ1) is 15.1. The monoisotopic (exact) mass is 473 g/mol. The summed E-state index contributed by atoms with van der Waals surface area (Å²) in [5, 5.41) is 0.647. The predicted octanol–water partition coefficient (Wildman–Crippen LogP) is 1.99. The molecule has 1 aromatic heterocycles. The van der Waals surface area contributed by atoms with E-state index in [9.17, 15) is 18.0 Å². The largest absolute Gasteiger partial charge is 0.456 e. The van der Waals surface area contributed by atoms with Crippen LogP contribution in [-0.4, -0.2) is 48.0 Å². The number of nitrogens with two attached hydrogens (primary N) is 2. The number of ketones is 1. The van der Waals surface area contributed by atoms with Crippen LogP contribution in [0.5, 0.6) is 11.5 Å². The van der Waals surface area contributed by atoms with Gasteiger partial charge in [-0.2, -0.15) is 4.99 Å². The molecule has 0 radical (unpaired) electrons. The van der Waals surface area contributed by atoms with E-state index in [1.54, 1.807) is 36.7 Å². The summed E-state index contributed by atoms with van der Waals surface area (Å²) in [5.41, 5.74) is 10.9. The lowest BCUT2D eigenvalue weighted by Gasteiger charge is -2.11. The van der Waals surface area contributed by atoms with Crippen molar-refractivity contribution in [3.8, 4) is 11.5 Å². The number of nitrogens with zero attached hydrogens (tertiary/aromatic N) is 2. The number of aromatic amines is 1. The number of aliphatic imine (C=N–C) groups is 1. The number of aromatic nitrogens is 2. The summed E-state index contributed by atoms with van der Waals surface area (Å²) >= 11 is 1.28. The molecule has 1 heterocycles. The van der Waals surface area contributed by atoms with Gasteiger partial charge in [-0.25, -0.2) is 13.4 Å². The lowest BCUT2D eigenvalue weighted by Crippen LogP contribution is -2.24. The molecule has 0 saturated carbocycles. The van der Waals surface area contributed by atoms with Gasteiger partial charge in [0.05, 0.1) is 5.75 Å². The van der Waals surface area contributed by atoms with Crippen molar-refractivity contribution in [2.45, 2.75) is 10.1 Å². The van der Waals surface area contributed by atoms with Gasteiger partial charge in [0.25, 0.3) is 5.91 Å². The molecule has 2 aromatic carbocycles. The van der Waals surface area contributed by atoms with Crippen LogP contribution in [0.1, 0.15) is 20.7 Å². The minimum absolute atomic E-state index is 0.0128. The van der Waals surface area contributed by atoms with Gasteiger partial charge in [-0.1, -0.05) is 11.8 Å². The molecule has 0 bridgehead atoms. The van der Waals surface area contributed by atoms with Crippen LogP contribution in [-0.2, 0) is 9.84 Å². The fraction of sp³-hybridized carbons (Fsp3) is 0.100. The summed E-state index contributed by atoms with van der Waals surface area (Å²) in [4.78, 5) is 34.5. The standard InChI is InChI=1S/C20H19N5O5S2/c1-32(28,29)17-10-13(18(27)25-19(21)22)4-7-16(17)30-14-5-2-12(3-6-14)15(26)11-31-20-23-8-9-24-20/h2-10H,11H2,1H3,(H,23,24)(H4,21,22,25,27). The van der Waals surface area contributed by atoms with E-state index >= 15 is 0 Å². The lowest BCUT2D eigenvalue weighted by atomic mass is 10.1. The normalized spacial score (nSPS) is 11.0. The third-order valence-electron chi connectivity index (χ3n) is 4.04. The lowest BCUT2D eigenvalue weighted by molar-refractivity contribution is 0.0999. The zero-order chi connectivity index (χ0) is 23.3. The molecule has 0 unspecified atom stereocenters. The quantitative estimate of drug-likeness (QED) is 0.191. The Balaban J connectivity index is 1.78. The zero-order valence-corrected chi connectivity index (χ0v) is 18.4. The van der Waals surface area contributed by atoms with E-state index in [1.807, 2.05) is 0 Å². The van der Waals surface area contributed by atoms with Crippen molar-refractivity contribution in [2.24, 2.45) is 16.5 Å². The number of amides is 1. The maximum atomic E-state index is 12.3. The Bertz CT molecular complexity index is 1270. The number of imidazole rings is 1. The SMILES string of the molecule is CS(=O)(=O)c1cc(C(=O)N=C(N)N)ccc1Oc1ccc(C(=O)CSc2ncc[nH]2)cc1. The highest BCUT2D eigenvalue weighted by molar-refractivity contribution is 7.99. The topological polar surface area (TPSA) is 171 Å². The Morgan fingerprint density at radius 2 is 1.81 bits per heavy atom. The molecule has 10 nitrogen and oxygen atoms in total. The van der Waals surface area contributed by atoms with Crippen molar-refractivity contribution in [2.75, 3.05) is 12.0 Å². The number of thioether (sulfide) groups is 1. The first-order valence-electron chi connectivity index (χ1n) is 9.05. The number of nitrogens with one attached hydrogen (secondary N) is 1. The zero-order valence-electron chi connectivity index (χ0n) is 16.8. The Labute approximate surface area is 188 Å². The van der Waals surface area contributed by atoms with Crippen LogP contribution < -0.4 is 16.2 Å². The van der Waals surface area contributed by atoms with Gasteiger partial charge < -0.3 is 21.2 Å². The molecule has 12 heteroatoms. The first kappa shape index (κ1) is 23.0. The van der Waals surface area contributed by atoms with Gasteiger partial charge in [0.1, 0.15) is 16.4 Å². The van der Waals surface area contributed by atoms with E-state index in [4.69, 9.17) is 16.2 Å². The van der Waals surface area contributed by atoms with Gasteiger partial charge >= 0.3 is 0 Å². The average molecular weight is 474 g/mol. The van der Waals surface area contributed by atoms with Gasteiger partial charge in [-0.3, -0.25) is 9.59 Å². The molecule has 0 spiro atoms. The molecular formula is C20H19N5O5S2. The number of carbonyl (C=O) groups excluding carboxylic acids is 2. The van der Waals surface area contributed by atoms with E-state index < -0.39 is 21.7 Å². The highest BCUT2D eigenvalue weighted by atomic mass is 32.2. The maximum Gasteiger partial charge on any atom is 0.280 e. The van der Waals surface area contributed by atoms with E-state index in [-0.39, 0.29) is 27.7 Å². The van der Waals surface area contributed by atoms with Crippen LogP contribution in [0.4, 0.5) is 0 Å². The number of rotatable bonds is 8. The number of hydrogen-bond acceptors (Lipinski definition) is 7. The molecule has 0 aliphatic heterocycles. The summed E-state index contributed by atoms with van der Waals surface area (Å²) in [5.74, 6) is -0.783. The third-order valence-corrected chi connectivity index (χ3v) is 6.06. The highest BCUT2D eigenvalue weighted by Crippen LogP contribution is 2.30. The highest BCUT2D eigenvalue weighted by Gasteiger charge is 2.19. The molecule has 0 fully saturated rings. The molecule has 0 atom stereocenters. The summed E-state index contributed by atoms with van der Waals surface area (Å²) in [6.45, 7) is 0. The van der Waals surface area contributed by atoms with Crippen LogP contribution in [0.15, 0.2) is 69.9 Å². The summed E-state index contributed by atoms with van der Waals surface area (Å²) in [6.07, 6.45) is 4.27. The number of benzene rings is 2. The van der Waals surface area contributed by atoms with Gasteiger partial charge in [-0.05, 0) is 42.5 Å². The minimum Gasteiger partial charge on any atom is -0.456 e. The van der Waals surface area contributed by atoms with Gasteiger partial charge in [0.2, 0.25) is 0 Å². The molecule has 3 aromatic rings. The van der Waals surface area contributed by atoms with E-state index in [0.717, 1.165) is 12.3 Å². The van der Waals surface area contributed by atoms with Crippen molar-refractivity contribution in [3.05, 3.63) is 66.0 Å². The third kappa shape index (κ3) is 5.95. The summed E-state index contributed by atoms with van der Waals surface area (Å²) in [6, 6.07) is 10.1. The van der Waals surface area contributed by atoms with Crippen molar-refractivity contribution in [1.82, 2.24) is 9.97 Å². The first-order valence-corrected chi connectivity index (χ1v) is 11.9. The number of sulfone groups is 1. The van der Waals surface area contributed by atoms with Crippen LogP contribution >= 0.6 is 11.8 Å². The van der Waals surface area contributed by atoms with Crippen LogP contribution in [0.3, 0.4) is 0 Å². The number of Topliss-reactive ketones (excluding diaryl/α,β-unsaturated/α-hetero) is 1. The molecular weight excluding hydrogens is 454 g/mol. The van der Waals surface area contributed by atoms with Crippen LogP contribution in [0, 0.1) is 0 Å². The molecule has 32 heavy (non-hydrogen) atoms. The number of ether oxygens (including phenoxy) is 1. The van der Waals surface area contributed by atoms with Crippen molar-refractivity contribution >= 4 is 39.2 Å². The maximum absolute atomic E-state index is 12.3. The average Bonchev–Trinajstić information content (AvgIpc) is 3.25. The van der Waals surface area contributed by atoms with E-state index in [1.165, 1.54) is 23.9 Å². The molecule has 0 saturated heterocycles. The van der Waals surface area contributed by atoms with Crippen LogP contribution in [0.25, 0.3) is 0 Å². The number of hydrogen-bond donors (Lipinski definition) is 3. The molecule has 3 rings (SSSR count). The van der Waals surface area contributed by atoms with E-state index in [0.29, 0.717) is 16.5 Å². The van der Waals surface area contributed by atoms with Gasteiger partial charge in [0.15, 0.2) is 26.7 Å². The smallest absolute Gasteiger partial charge is 0.280 e. The number of guanidine groups is 1.